The average Bonchev–Trinajstić information content (AvgIpc) is 3.18. The van der Waals surface area contributed by atoms with Crippen molar-refractivity contribution in [1.29, 1.82) is 5.26 Å². The van der Waals surface area contributed by atoms with Gasteiger partial charge in [-0.2, -0.15) is 5.26 Å². The molecular weight excluding hydrogens is 278 g/mol. The highest BCUT2D eigenvalue weighted by atomic mass is 16.4. The van der Waals surface area contributed by atoms with E-state index in [1.165, 1.54) is 0 Å². The third-order valence-electron chi connectivity index (χ3n) is 4.28. The SMILES string of the molecule is Cc1nc(C2CC2)oc1C(=O)N1CCc2cc(C#N)ccc21. The molecule has 0 unspecified atom stereocenters. The number of aryl methyl sites for hydroxylation is 1. The van der Waals surface area contributed by atoms with Crippen LogP contribution in [-0.2, 0) is 6.42 Å². The Kier molecular flexibility index (Phi) is 2.80. The predicted octanol–water partition coefficient (Wildman–Crippen LogP) is 2.94. The summed E-state index contributed by atoms with van der Waals surface area (Å²) in [5, 5.41) is 8.97. The standard InChI is InChI=1S/C17H15N3O2/c1-10-15(22-16(19-10)12-3-4-12)17(21)20-7-6-13-8-11(9-18)2-5-14(13)20/h2,5,8,12H,3-4,6-7H2,1H3. The second kappa shape index (κ2) is 4.70. The lowest BCUT2D eigenvalue weighted by molar-refractivity contribution is 0.0960. The smallest absolute Gasteiger partial charge is 0.296 e. The quantitative estimate of drug-likeness (QED) is 0.853. The van der Waals surface area contributed by atoms with Crippen LogP contribution >= 0.6 is 0 Å². The number of benzene rings is 1. The van der Waals surface area contributed by atoms with Gasteiger partial charge in [-0.15, -0.1) is 0 Å². The topological polar surface area (TPSA) is 70.1 Å². The molecule has 110 valence electrons. The minimum absolute atomic E-state index is 0.139. The highest BCUT2D eigenvalue weighted by Gasteiger charge is 2.33. The minimum Gasteiger partial charge on any atom is -0.435 e. The number of amides is 1. The van der Waals surface area contributed by atoms with Crippen LogP contribution in [0.2, 0.25) is 0 Å². The monoisotopic (exact) mass is 293 g/mol. The molecule has 0 spiro atoms. The van der Waals surface area contributed by atoms with Crippen molar-refractivity contribution < 1.29 is 9.21 Å². The maximum Gasteiger partial charge on any atom is 0.296 e. The maximum atomic E-state index is 12.8. The molecule has 1 aromatic carbocycles. The second-order valence-electron chi connectivity index (χ2n) is 5.90. The van der Waals surface area contributed by atoms with Crippen molar-refractivity contribution in [3.63, 3.8) is 0 Å². The maximum absolute atomic E-state index is 12.8. The first-order chi connectivity index (χ1) is 10.7. The van der Waals surface area contributed by atoms with E-state index in [0.717, 1.165) is 30.5 Å². The molecule has 5 nitrogen and oxygen atoms in total. The van der Waals surface area contributed by atoms with Crippen molar-refractivity contribution >= 4 is 11.6 Å². The summed E-state index contributed by atoms with van der Waals surface area (Å²) in [5.74, 6) is 1.30. The van der Waals surface area contributed by atoms with Gasteiger partial charge in [-0.3, -0.25) is 4.79 Å². The Morgan fingerprint density at radius 1 is 1.45 bits per heavy atom. The Balaban J connectivity index is 1.66. The number of oxazole rings is 1. The molecule has 2 heterocycles. The van der Waals surface area contributed by atoms with Gasteiger partial charge in [0.2, 0.25) is 5.76 Å². The molecule has 0 radical (unpaired) electrons. The zero-order chi connectivity index (χ0) is 15.3. The molecule has 0 bridgehead atoms. The van der Waals surface area contributed by atoms with E-state index in [0.29, 0.717) is 35.4 Å². The lowest BCUT2D eigenvalue weighted by Crippen LogP contribution is -2.29. The Morgan fingerprint density at radius 2 is 2.27 bits per heavy atom. The number of aromatic nitrogens is 1. The van der Waals surface area contributed by atoms with Crippen LogP contribution in [0.15, 0.2) is 22.6 Å². The van der Waals surface area contributed by atoms with E-state index in [-0.39, 0.29) is 5.91 Å². The Hall–Kier alpha value is -2.61. The fraction of sp³-hybridized carbons (Fsp3) is 0.353. The lowest BCUT2D eigenvalue weighted by atomic mass is 10.1. The molecular formula is C17H15N3O2. The second-order valence-corrected chi connectivity index (χ2v) is 5.90. The molecule has 0 N–H and O–H groups in total. The highest BCUT2D eigenvalue weighted by molar-refractivity contribution is 6.06. The van der Waals surface area contributed by atoms with Gasteiger partial charge in [0.25, 0.3) is 5.91 Å². The molecule has 1 aliphatic carbocycles. The van der Waals surface area contributed by atoms with Gasteiger partial charge in [0.05, 0.1) is 17.3 Å². The fourth-order valence-corrected chi connectivity index (χ4v) is 2.93. The molecule has 2 aliphatic rings. The molecule has 1 saturated carbocycles. The zero-order valence-electron chi connectivity index (χ0n) is 12.3. The van der Waals surface area contributed by atoms with E-state index in [2.05, 4.69) is 11.1 Å². The number of hydrogen-bond donors (Lipinski definition) is 0. The summed E-state index contributed by atoms with van der Waals surface area (Å²) in [5.41, 5.74) is 3.19. The van der Waals surface area contributed by atoms with Gasteiger partial charge in [0, 0.05) is 18.2 Å². The summed E-state index contributed by atoms with van der Waals surface area (Å²) in [6.07, 6.45) is 2.95. The molecule has 5 heteroatoms. The largest absolute Gasteiger partial charge is 0.435 e. The van der Waals surface area contributed by atoms with Gasteiger partial charge in [0.15, 0.2) is 5.89 Å². The number of fused-ring (bicyclic) bond motifs is 1. The first-order valence-electron chi connectivity index (χ1n) is 7.49. The molecule has 22 heavy (non-hydrogen) atoms. The third kappa shape index (κ3) is 2.00. The van der Waals surface area contributed by atoms with Gasteiger partial charge >= 0.3 is 0 Å². The van der Waals surface area contributed by atoms with E-state index in [9.17, 15) is 4.79 Å². The number of nitriles is 1. The van der Waals surface area contributed by atoms with Gasteiger partial charge in [-0.1, -0.05) is 0 Å². The normalized spacial score (nSPS) is 16.5. The van der Waals surface area contributed by atoms with Crippen LogP contribution < -0.4 is 4.90 Å². The van der Waals surface area contributed by atoms with E-state index >= 15 is 0 Å². The number of hydrogen-bond acceptors (Lipinski definition) is 4. The fourth-order valence-electron chi connectivity index (χ4n) is 2.93. The van der Waals surface area contributed by atoms with Crippen LogP contribution in [0.3, 0.4) is 0 Å². The van der Waals surface area contributed by atoms with Gasteiger partial charge in [-0.25, -0.2) is 4.98 Å². The molecule has 1 fully saturated rings. The van der Waals surface area contributed by atoms with Gasteiger partial charge < -0.3 is 9.32 Å². The minimum atomic E-state index is -0.139. The summed E-state index contributed by atoms with van der Waals surface area (Å²) >= 11 is 0. The summed E-state index contributed by atoms with van der Waals surface area (Å²) in [6.45, 7) is 2.43. The van der Waals surface area contributed by atoms with E-state index < -0.39 is 0 Å². The van der Waals surface area contributed by atoms with Crippen LogP contribution in [0.5, 0.6) is 0 Å². The Bertz CT molecular complexity index is 812. The van der Waals surface area contributed by atoms with Crippen molar-refractivity contribution in [2.75, 3.05) is 11.4 Å². The first-order valence-corrected chi connectivity index (χ1v) is 7.49. The van der Waals surface area contributed by atoms with Crippen LogP contribution in [0, 0.1) is 18.3 Å². The molecule has 4 rings (SSSR count). The van der Waals surface area contributed by atoms with Crippen LogP contribution in [-0.4, -0.2) is 17.4 Å². The van der Waals surface area contributed by atoms with Crippen LogP contribution in [0.25, 0.3) is 0 Å². The summed E-state index contributed by atoms with van der Waals surface area (Å²) < 4.78 is 5.72. The molecule has 1 aromatic heterocycles. The summed E-state index contributed by atoms with van der Waals surface area (Å²) in [7, 11) is 0. The molecule has 0 atom stereocenters. The summed E-state index contributed by atoms with van der Waals surface area (Å²) in [4.78, 5) is 18.9. The molecule has 1 aliphatic heterocycles. The number of nitrogens with zero attached hydrogens (tertiary/aromatic N) is 3. The Labute approximate surface area is 128 Å². The molecule has 0 saturated heterocycles. The number of carbonyl (C=O) groups excluding carboxylic acids is 1. The zero-order valence-corrected chi connectivity index (χ0v) is 12.3. The number of anilines is 1. The van der Waals surface area contributed by atoms with Crippen molar-refractivity contribution in [2.24, 2.45) is 0 Å². The Morgan fingerprint density at radius 3 is 3.00 bits per heavy atom. The van der Waals surface area contributed by atoms with E-state index in [1.807, 2.05) is 19.1 Å². The highest BCUT2D eigenvalue weighted by Crippen LogP contribution is 2.40. The number of rotatable bonds is 2. The van der Waals surface area contributed by atoms with Crippen molar-refractivity contribution in [3.05, 3.63) is 46.7 Å². The lowest BCUT2D eigenvalue weighted by Gasteiger charge is -2.15. The van der Waals surface area contributed by atoms with Gasteiger partial charge in [-0.05, 0) is 49.9 Å². The first kappa shape index (κ1) is 13.1. The average molecular weight is 293 g/mol. The van der Waals surface area contributed by atoms with Crippen molar-refractivity contribution in [1.82, 2.24) is 4.98 Å². The van der Waals surface area contributed by atoms with Crippen molar-refractivity contribution in [2.45, 2.75) is 32.1 Å². The van der Waals surface area contributed by atoms with E-state index in [4.69, 9.17) is 9.68 Å². The summed E-state index contributed by atoms with van der Waals surface area (Å²) in [6, 6.07) is 7.57. The van der Waals surface area contributed by atoms with Crippen molar-refractivity contribution in [3.8, 4) is 6.07 Å². The van der Waals surface area contributed by atoms with Crippen LogP contribution in [0.4, 0.5) is 5.69 Å². The van der Waals surface area contributed by atoms with Gasteiger partial charge in [0.1, 0.15) is 0 Å². The van der Waals surface area contributed by atoms with Crippen LogP contribution in [0.1, 0.15) is 52.0 Å². The molecule has 2 aromatic rings. The predicted molar refractivity (Wildman–Crippen MR) is 79.8 cm³/mol. The number of carbonyl (C=O) groups is 1. The third-order valence-corrected chi connectivity index (χ3v) is 4.28. The van der Waals surface area contributed by atoms with E-state index in [1.54, 1.807) is 11.0 Å². The molecule has 1 amide bonds.